The van der Waals surface area contributed by atoms with E-state index in [9.17, 15) is 24.8 Å². The first kappa shape index (κ1) is 18.2. The number of esters is 1. The van der Waals surface area contributed by atoms with E-state index in [1.54, 1.807) is 13.0 Å². The Hall–Kier alpha value is -3.13. The second-order valence-corrected chi connectivity index (χ2v) is 5.45. The van der Waals surface area contributed by atoms with Gasteiger partial charge in [-0.15, -0.1) is 0 Å². The summed E-state index contributed by atoms with van der Waals surface area (Å²) in [6, 6.07) is 7.80. The Bertz CT molecular complexity index is 853. The number of nitrogens with zero attached hydrogens (tertiary/aromatic N) is 1. The molecule has 0 aromatic heterocycles. The minimum Gasteiger partial charge on any atom is -0.508 e. The molecular formula is C16H13ClN2O6. The summed E-state index contributed by atoms with van der Waals surface area (Å²) in [4.78, 5) is 33.7. The van der Waals surface area contributed by atoms with Gasteiger partial charge < -0.3 is 15.2 Å². The van der Waals surface area contributed by atoms with Gasteiger partial charge in [-0.25, -0.2) is 4.79 Å². The van der Waals surface area contributed by atoms with Crippen LogP contribution in [0.5, 0.6) is 5.75 Å². The summed E-state index contributed by atoms with van der Waals surface area (Å²) in [7, 11) is 0. The zero-order chi connectivity index (χ0) is 18.6. The highest BCUT2D eigenvalue weighted by molar-refractivity contribution is 6.34. The van der Waals surface area contributed by atoms with Crippen LogP contribution in [-0.4, -0.2) is 28.5 Å². The summed E-state index contributed by atoms with van der Waals surface area (Å²) in [6.45, 7) is 1.09. The zero-order valence-corrected chi connectivity index (χ0v) is 13.7. The van der Waals surface area contributed by atoms with Gasteiger partial charge in [0.1, 0.15) is 5.75 Å². The van der Waals surface area contributed by atoms with Crippen LogP contribution in [0.4, 0.5) is 11.4 Å². The lowest BCUT2D eigenvalue weighted by Crippen LogP contribution is -2.21. The number of halogens is 1. The molecule has 0 saturated carbocycles. The standard InChI is InChI=1S/C16H13ClN2O6/c1-9-2-3-10(6-14(9)20)16(22)25-8-15(21)18-13-5-4-11(19(23)24)7-12(13)17/h2-7,20H,8H2,1H3,(H,18,21). The van der Waals surface area contributed by atoms with Crippen LogP contribution in [0.1, 0.15) is 15.9 Å². The molecule has 2 aromatic rings. The van der Waals surface area contributed by atoms with E-state index >= 15 is 0 Å². The van der Waals surface area contributed by atoms with Crippen molar-refractivity contribution in [2.75, 3.05) is 11.9 Å². The first-order valence-corrected chi connectivity index (χ1v) is 7.36. The van der Waals surface area contributed by atoms with E-state index in [0.29, 0.717) is 5.56 Å². The van der Waals surface area contributed by atoms with Crippen molar-refractivity contribution in [2.24, 2.45) is 0 Å². The molecule has 0 aliphatic rings. The van der Waals surface area contributed by atoms with Crippen LogP contribution in [0.2, 0.25) is 5.02 Å². The van der Waals surface area contributed by atoms with Gasteiger partial charge in [-0.2, -0.15) is 0 Å². The second kappa shape index (κ2) is 7.63. The topological polar surface area (TPSA) is 119 Å². The summed E-state index contributed by atoms with van der Waals surface area (Å²) in [6.07, 6.45) is 0. The number of hydrogen-bond donors (Lipinski definition) is 2. The largest absolute Gasteiger partial charge is 0.508 e. The number of phenols is 1. The minimum absolute atomic E-state index is 0.0164. The van der Waals surface area contributed by atoms with E-state index in [1.165, 1.54) is 24.3 Å². The molecule has 0 heterocycles. The smallest absolute Gasteiger partial charge is 0.338 e. The molecule has 0 saturated heterocycles. The maximum absolute atomic E-state index is 11.8. The fourth-order valence-corrected chi connectivity index (χ4v) is 2.08. The van der Waals surface area contributed by atoms with Crippen LogP contribution in [0, 0.1) is 17.0 Å². The first-order chi connectivity index (χ1) is 11.8. The normalized spacial score (nSPS) is 10.2. The zero-order valence-electron chi connectivity index (χ0n) is 13.0. The highest BCUT2D eigenvalue weighted by atomic mass is 35.5. The fourth-order valence-electron chi connectivity index (χ4n) is 1.86. The van der Waals surface area contributed by atoms with E-state index in [4.69, 9.17) is 16.3 Å². The number of aryl methyl sites for hydroxylation is 1. The lowest BCUT2D eigenvalue weighted by Gasteiger charge is -2.08. The molecule has 130 valence electrons. The Labute approximate surface area is 147 Å². The summed E-state index contributed by atoms with van der Waals surface area (Å²) in [5, 5.41) is 22.6. The predicted octanol–water partition coefficient (Wildman–Crippen LogP) is 3.06. The lowest BCUT2D eigenvalue weighted by molar-refractivity contribution is -0.384. The molecular weight excluding hydrogens is 352 g/mol. The molecule has 8 nitrogen and oxygen atoms in total. The van der Waals surface area contributed by atoms with Gasteiger partial charge in [0.05, 0.1) is 21.2 Å². The van der Waals surface area contributed by atoms with Gasteiger partial charge >= 0.3 is 5.97 Å². The van der Waals surface area contributed by atoms with E-state index in [2.05, 4.69) is 5.32 Å². The number of amides is 1. The number of ether oxygens (including phenoxy) is 1. The number of carbonyl (C=O) groups excluding carboxylic acids is 2. The molecule has 9 heteroatoms. The summed E-state index contributed by atoms with van der Waals surface area (Å²) in [5.74, 6) is -1.50. The first-order valence-electron chi connectivity index (χ1n) is 6.98. The fraction of sp³-hybridized carbons (Fsp3) is 0.125. The Morgan fingerprint density at radius 1 is 1.28 bits per heavy atom. The minimum atomic E-state index is -0.778. The van der Waals surface area contributed by atoms with Crippen LogP contribution in [-0.2, 0) is 9.53 Å². The third kappa shape index (κ3) is 4.67. The summed E-state index contributed by atoms with van der Waals surface area (Å²) < 4.78 is 4.85. The van der Waals surface area contributed by atoms with Gasteiger partial charge in [0, 0.05) is 12.1 Å². The Morgan fingerprint density at radius 2 is 2.00 bits per heavy atom. The monoisotopic (exact) mass is 364 g/mol. The number of rotatable bonds is 5. The van der Waals surface area contributed by atoms with Crippen molar-refractivity contribution in [3.05, 3.63) is 62.7 Å². The number of carbonyl (C=O) groups is 2. The van der Waals surface area contributed by atoms with Gasteiger partial charge in [-0.3, -0.25) is 14.9 Å². The van der Waals surface area contributed by atoms with Crippen molar-refractivity contribution in [3.63, 3.8) is 0 Å². The second-order valence-electron chi connectivity index (χ2n) is 5.05. The average Bonchev–Trinajstić information content (AvgIpc) is 2.56. The lowest BCUT2D eigenvalue weighted by atomic mass is 10.1. The van der Waals surface area contributed by atoms with Gasteiger partial charge in [-0.05, 0) is 30.7 Å². The van der Waals surface area contributed by atoms with Crippen LogP contribution in [0.15, 0.2) is 36.4 Å². The molecule has 0 aliphatic heterocycles. The van der Waals surface area contributed by atoms with E-state index in [1.807, 2.05) is 0 Å². The molecule has 2 N–H and O–H groups in total. The molecule has 2 aromatic carbocycles. The molecule has 0 radical (unpaired) electrons. The van der Waals surface area contributed by atoms with Crippen molar-refractivity contribution in [2.45, 2.75) is 6.92 Å². The number of aromatic hydroxyl groups is 1. The number of non-ortho nitro benzene ring substituents is 1. The van der Waals surface area contributed by atoms with Crippen LogP contribution in [0.3, 0.4) is 0 Å². The van der Waals surface area contributed by atoms with Gasteiger partial charge in [0.2, 0.25) is 0 Å². The third-order valence-corrected chi connectivity index (χ3v) is 3.53. The molecule has 2 rings (SSSR count). The molecule has 0 spiro atoms. The Morgan fingerprint density at radius 3 is 2.60 bits per heavy atom. The molecule has 0 bridgehead atoms. The number of nitrogens with one attached hydrogen (secondary N) is 1. The molecule has 0 unspecified atom stereocenters. The number of benzene rings is 2. The number of nitro groups is 1. The SMILES string of the molecule is Cc1ccc(C(=O)OCC(=O)Nc2ccc([N+](=O)[O-])cc2Cl)cc1O. The highest BCUT2D eigenvalue weighted by Crippen LogP contribution is 2.26. The van der Waals surface area contributed by atoms with Crippen molar-refractivity contribution in [3.8, 4) is 5.75 Å². The molecule has 1 amide bonds. The molecule has 0 atom stereocenters. The van der Waals surface area contributed by atoms with Gasteiger partial charge in [0.25, 0.3) is 11.6 Å². The quantitative estimate of drug-likeness (QED) is 0.478. The molecule has 25 heavy (non-hydrogen) atoms. The molecule has 0 fully saturated rings. The average molecular weight is 365 g/mol. The van der Waals surface area contributed by atoms with Gasteiger partial charge in [-0.1, -0.05) is 17.7 Å². The number of hydrogen-bond acceptors (Lipinski definition) is 6. The van der Waals surface area contributed by atoms with Crippen LogP contribution in [0.25, 0.3) is 0 Å². The van der Waals surface area contributed by atoms with Crippen LogP contribution >= 0.6 is 11.6 Å². The van der Waals surface area contributed by atoms with E-state index < -0.39 is 23.4 Å². The number of anilines is 1. The highest BCUT2D eigenvalue weighted by Gasteiger charge is 2.14. The Balaban J connectivity index is 1.95. The maximum atomic E-state index is 11.8. The van der Waals surface area contributed by atoms with E-state index in [0.717, 1.165) is 6.07 Å². The van der Waals surface area contributed by atoms with Crippen LogP contribution < -0.4 is 5.32 Å². The third-order valence-electron chi connectivity index (χ3n) is 3.22. The molecule has 0 aliphatic carbocycles. The summed E-state index contributed by atoms with van der Waals surface area (Å²) >= 11 is 5.85. The van der Waals surface area contributed by atoms with Gasteiger partial charge in [0.15, 0.2) is 6.61 Å². The van der Waals surface area contributed by atoms with Crippen molar-refractivity contribution in [1.82, 2.24) is 0 Å². The Kier molecular flexibility index (Phi) is 5.56. The summed E-state index contributed by atoms with van der Waals surface area (Å²) in [5.41, 5.74) is 0.640. The number of phenolic OH excluding ortho intramolecular Hbond substituents is 1. The maximum Gasteiger partial charge on any atom is 0.338 e. The van der Waals surface area contributed by atoms with Crippen molar-refractivity contribution < 1.29 is 24.4 Å². The van der Waals surface area contributed by atoms with Crippen molar-refractivity contribution in [1.29, 1.82) is 0 Å². The number of nitro benzene ring substituents is 1. The van der Waals surface area contributed by atoms with E-state index in [-0.39, 0.29) is 27.7 Å². The predicted molar refractivity (Wildman–Crippen MR) is 89.9 cm³/mol. The van der Waals surface area contributed by atoms with Crippen molar-refractivity contribution >= 4 is 34.9 Å².